The van der Waals surface area contributed by atoms with Gasteiger partial charge in [-0.1, -0.05) is 12.6 Å². The number of carbonyl (C=O) groups is 2. The van der Waals surface area contributed by atoms with Crippen LogP contribution < -0.4 is 27.0 Å². The van der Waals surface area contributed by atoms with Crippen LogP contribution in [-0.2, 0) is 4.74 Å². The molecule has 11 heteroatoms. The molecule has 4 rings (SSSR count). The second-order valence-corrected chi connectivity index (χ2v) is 6.46. The molecule has 0 spiro atoms. The van der Waals surface area contributed by atoms with Crippen molar-refractivity contribution in [1.29, 1.82) is 0 Å². The first-order valence-electron chi connectivity index (χ1n) is 9.08. The van der Waals surface area contributed by atoms with E-state index in [4.69, 9.17) is 16.2 Å². The number of primary amides is 1. The Balaban J connectivity index is 1.65. The van der Waals surface area contributed by atoms with Gasteiger partial charge < -0.3 is 31.7 Å². The van der Waals surface area contributed by atoms with Crippen LogP contribution in [0.1, 0.15) is 10.4 Å². The number of anilines is 5. The van der Waals surface area contributed by atoms with Crippen molar-refractivity contribution in [3.63, 3.8) is 0 Å². The Bertz CT molecular complexity index is 1150. The maximum atomic E-state index is 12.5. The average molecular weight is 418 g/mol. The molecule has 0 saturated heterocycles. The van der Waals surface area contributed by atoms with E-state index in [9.17, 15) is 9.59 Å². The summed E-state index contributed by atoms with van der Waals surface area (Å²) in [4.78, 5) is 37.7. The van der Waals surface area contributed by atoms with Gasteiger partial charge in [0.05, 0.1) is 5.70 Å². The van der Waals surface area contributed by atoms with Crippen LogP contribution in [0.25, 0.3) is 0 Å². The third-order valence-corrected chi connectivity index (χ3v) is 4.46. The van der Waals surface area contributed by atoms with E-state index in [2.05, 4.69) is 32.2 Å². The van der Waals surface area contributed by atoms with Crippen LogP contribution in [0.4, 0.5) is 33.6 Å². The van der Waals surface area contributed by atoms with Gasteiger partial charge >= 0.3 is 6.09 Å². The van der Waals surface area contributed by atoms with Crippen molar-refractivity contribution in [1.82, 2.24) is 15.0 Å². The van der Waals surface area contributed by atoms with E-state index in [0.717, 1.165) is 0 Å². The molecule has 31 heavy (non-hydrogen) atoms. The summed E-state index contributed by atoms with van der Waals surface area (Å²) in [5.74, 6) is 0.649. The van der Waals surface area contributed by atoms with Gasteiger partial charge in [-0.15, -0.1) is 0 Å². The van der Waals surface area contributed by atoms with Crippen molar-refractivity contribution in [3.8, 4) is 0 Å². The Hall–Kier alpha value is -4.67. The summed E-state index contributed by atoms with van der Waals surface area (Å²) in [6, 6.07) is 11.9. The number of benzene rings is 1. The van der Waals surface area contributed by atoms with Gasteiger partial charge in [0.25, 0.3) is 5.91 Å². The fourth-order valence-electron chi connectivity index (χ4n) is 3.08. The van der Waals surface area contributed by atoms with Gasteiger partial charge in [-0.05, 0) is 36.4 Å². The number of ether oxygens (including phenoxy) is 1. The lowest BCUT2D eigenvalue weighted by molar-refractivity contribution is 0.102. The maximum Gasteiger partial charge on any atom is 0.406 e. The first-order valence-corrected chi connectivity index (χ1v) is 9.08. The molecule has 1 aliphatic heterocycles. The lowest BCUT2D eigenvalue weighted by Crippen LogP contribution is -2.41. The van der Waals surface area contributed by atoms with Gasteiger partial charge in [0, 0.05) is 17.4 Å². The summed E-state index contributed by atoms with van der Waals surface area (Å²) in [6.07, 6.45) is 0.917. The SMILES string of the molecule is C=C1C(OC(N)=O)Nc2ncnc(N)c2N1c1ccc(C(=O)Nc2ccccn2)cc1. The predicted molar refractivity (Wildman–Crippen MR) is 114 cm³/mol. The van der Waals surface area contributed by atoms with Crippen LogP contribution in [0.5, 0.6) is 0 Å². The van der Waals surface area contributed by atoms with E-state index < -0.39 is 12.3 Å². The van der Waals surface area contributed by atoms with Crippen LogP contribution in [-0.4, -0.2) is 33.2 Å². The number of pyridine rings is 1. The largest absolute Gasteiger partial charge is 0.420 e. The highest BCUT2D eigenvalue weighted by molar-refractivity contribution is 6.04. The van der Waals surface area contributed by atoms with E-state index >= 15 is 0 Å². The molecule has 0 bridgehead atoms. The highest BCUT2D eigenvalue weighted by Gasteiger charge is 2.34. The number of nitrogens with two attached hydrogens (primary N) is 2. The molecule has 0 aliphatic carbocycles. The highest BCUT2D eigenvalue weighted by Crippen LogP contribution is 2.42. The smallest absolute Gasteiger partial charge is 0.406 e. The van der Waals surface area contributed by atoms with Crippen molar-refractivity contribution in [2.75, 3.05) is 21.3 Å². The molecule has 0 radical (unpaired) electrons. The van der Waals surface area contributed by atoms with Gasteiger partial charge in [-0.3, -0.25) is 4.79 Å². The minimum atomic E-state index is -0.981. The quantitative estimate of drug-likeness (QED) is 0.497. The van der Waals surface area contributed by atoms with Gasteiger partial charge in [-0.2, -0.15) is 0 Å². The van der Waals surface area contributed by atoms with Gasteiger partial charge in [0.2, 0.25) is 6.23 Å². The summed E-state index contributed by atoms with van der Waals surface area (Å²) >= 11 is 0. The summed E-state index contributed by atoms with van der Waals surface area (Å²) in [6.45, 7) is 3.99. The Morgan fingerprint density at radius 1 is 1.13 bits per heavy atom. The summed E-state index contributed by atoms with van der Waals surface area (Å²) in [7, 11) is 0. The Labute approximate surface area is 176 Å². The van der Waals surface area contributed by atoms with E-state index in [1.54, 1.807) is 53.6 Å². The molecule has 11 nitrogen and oxygen atoms in total. The first-order chi connectivity index (χ1) is 14.9. The number of rotatable bonds is 4. The van der Waals surface area contributed by atoms with E-state index in [1.165, 1.54) is 6.33 Å². The number of aromatic nitrogens is 3. The molecule has 1 unspecified atom stereocenters. The van der Waals surface area contributed by atoms with Crippen LogP contribution in [0.3, 0.4) is 0 Å². The number of hydrogen-bond donors (Lipinski definition) is 4. The minimum absolute atomic E-state index is 0.188. The molecule has 2 amide bonds. The molecule has 3 heterocycles. The van der Waals surface area contributed by atoms with Crippen molar-refractivity contribution in [2.45, 2.75) is 6.23 Å². The zero-order chi connectivity index (χ0) is 22.0. The van der Waals surface area contributed by atoms with Crippen molar-refractivity contribution in [2.24, 2.45) is 5.73 Å². The molecule has 1 atom stereocenters. The lowest BCUT2D eigenvalue weighted by atomic mass is 10.1. The van der Waals surface area contributed by atoms with E-state index in [1.807, 2.05) is 0 Å². The second-order valence-electron chi connectivity index (χ2n) is 6.46. The third kappa shape index (κ3) is 3.92. The maximum absolute atomic E-state index is 12.5. The summed E-state index contributed by atoms with van der Waals surface area (Å²) < 4.78 is 5.09. The average Bonchev–Trinajstić information content (AvgIpc) is 2.75. The number of nitrogen functional groups attached to an aromatic ring is 1. The fourth-order valence-corrected chi connectivity index (χ4v) is 3.08. The lowest BCUT2D eigenvalue weighted by Gasteiger charge is -2.37. The molecule has 3 aromatic rings. The van der Waals surface area contributed by atoms with Crippen molar-refractivity contribution >= 4 is 40.8 Å². The standard InChI is InChI=1S/C20H18N8O3/c1-11-19(31-20(22)30)27-17-15(16(21)24-10-25-17)28(11)13-7-5-12(6-8-13)18(29)26-14-4-2-3-9-23-14/h2-10,19H,1H2,(H2,22,30)(H,23,26,29)(H3,21,24,25,27). The number of nitrogens with zero attached hydrogens (tertiary/aromatic N) is 4. The minimum Gasteiger partial charge on any atom is -0.420 e. The molecule has 1 aromatic carbocycles. The van der Waals surface area contributed by atoms with Crippen LogP contribution in [0, 0.1) is 0 Å². The van der Waals surface area contributed by atoms with Crippen LogP contribution in [0.2, 0.25) is 0 Å². The number of amides is 2. The number of carbonyl (C=O) groups excluding carboxylic acids is 2. The van der Waals surface area contributed by atoms with E-state index in [0.29, 0.717) is 34.3 Å². The molecule has 0 saturated carbocycles. The molecule has 156 valence electrons. The fraction of sp³-hybridized carbons (Fsp3) is 0.0500. The Kier molecular flexibility index (Phi) is 5.06. The molecule has 2 aromatic heterocycles. The topological polar surface area (TPSA) is 161 Å². The monoisotopic (exact) mass is 418 g/mol. The number of nitrogens with one attached hydrogen (secondary N) is 2. The Morgan fingerprint density at radius 3 is 2.58 bits per heavy atom. The van der Waals surface area contributed by atoms with E-state index in [-0.39, 0.29) is 11.7 Å². The number of fused-ring (bicyclic) bond motifs is 1. The summed E-state index contributed by atoms with van der Waals surface area (Å²) in [5, 5.41) is 5.63. The second kappa shape index (κ2) is 7.99. The predicted octanol–water partition coefficient (Wildman–Crippen LogP) is 2.20. The zero-order valence-electron chi connectivity index (χ0n) is 16.1. The van der Waals surface area contributed by atoms with Crippen molar-refractivity contribution in [3.05, 3.63) is 72.8 Å². The van der Waals surface area contributed by atoms with Gasteiger partial charge in [-0.25, -0.2) is 19.7 Å². The molecular weight excluding hydrogens is 400 g/mol. The first kappa shape index (κ1) is 19.6. The van der Waals surface area contributed by atoms with Crippen LogP contribution >= 0.6 is 0 Å². The molecule has 6 N–H and O–H groups in total. The third-order valence-electron chi connectivity index (χ3n) is 4.46. The normalized spacial score (nSPS) is 14.9. The molecule has 1 aliphatic rings. The van der Waals surface area contributed by atoms with Crippen LogP contribution in [0.15, 0.2) is 67.3 Å². The van der Waals surface area contributed by atoms with Crippen molar-refractivity contribution < 1.29 is 14.3 Å². The molecule has 0 fully saturated rings. The van der Waals surface area contributed by atoms with Gasteiger partial charge in [0.1, 0.15) is 17.8 Å². The summed E-state index contributed by atoms with van der Waals surface area (Å²) in [5.41, 5.74) is 13.0. The zero-order valence-corrected chi connectivity index (χ0v) is 16.1. The Morgan fingerprint density at radius 2 is 1.90 bits per heavy atom. The van der Waals surface area contributed by atoms with Gasteiger partial charge in [0.15, 0.2) is 11.6 Å². The molecular formula is C20H18N8O3. The number of hydrogen-bond acceptors (Lipinski definition) is 9. The highest BCUT2D eigenvalue weighted by atomic mass is 16.6.